The molecule has 6 nitrogen and oxygen atoms in total. The van der Waals surface area contributed by atoms with Gasteiger partial charge in [0.05, 0.1) is 12.2 Å². The number of hydrogen-bond acceptors (Lipinski definition) is 4. The van der Waals surface area contributed by atoms with Crippen LogP contribution in [0.3, 0.4) is 0 Å². The maximum absolute atomic E-state index is 11.5. The van der Waals surface area contributed by atoms with Crippen molar-refractivity contribution in [2.75, 3.05) is 13.1 Å². The summed E-state index contributed by atoms with van der Waals surface area (Å²) in [4.78, 5) is 15.9. The van der Waals surface area contributed by atoms with Crippen LogP contribution in [-0.2, 0) is 11.3 Å². The summed E-state index contributed by atoms with van der Waals surface area (Å²) >= 11 is 0. The molecule has 0 fully saturated rings. The molecule has 2 heterocycles. The Hall–Kier alpha value is -1.95. The van der Waals surface area contributed by atoms with Crippen molar-refractivity contribution in [3.63, 3.8) is 0 Å². The lowest BCUT2D eigenvalue weighted by molar-refractivity contribution is -0.120. The van der Waals surface area contributed by atoms with Gasteiger partial charge in [-0.3, -0.25) is 4.79 Å². The molecule has 0 saturated heterocycles. The molecule has 0 aliphatic heterocycles. The molecule has 2 aromatic heterocycles. The van der Waals surface area contributed by atoms with Crippen LogP contribution in [-0.4, -0.2) is 33.6 Å². The van der Waals surface area contributed by atoms with Crippen LogP contribution in [0.4, 0.5) is 0 Å². The van der Waals surface area contributed by atoms with Crippen LogP contribution in [0.1, 0.15) is 25.1 Å². The van der Waals surface area contributed by atoms with E-state index in [0.29, 0.717) is 25.6 Å². The van der Waals surface area contributed by atoms with Crippen molar-refractivity contribution < 1.29 is 4.79 Å². The molecule has 0 bridgehead atoms. The molecule has 0 aliphatic carbocycles. The molecule has 2 N–H and O–H groups in total. The number of nitrogens with zero attached hydrogens (tertiary/aromatic N) is 3. The molecule has 0 aromatic carbocycles. The van der Waals surface area contributed by atoms with Crippen LogP contribution in [0.25, 0.3) is 5.65 Å². The molecule has 2 aromatic rings. The smallest absolute Gasteiger partial charge is 0.233 e. The average molecular weight is 275 g/mol. The summed E-state index contributed by atoms with van der Waals surface area (Å²) in [6.45, 7) is 7.69. The predicted molar refractivity (Wildman–Crippen MR) is 77.3 cm³/mol. The summed E-state index contributed by atoms with van der Waals surface area (Å²) in [6, 6.07) is 1.93. The Kier molecular flexibility index (Phi) is 4.68. The molecule has 0 unspecified atom stereocenters. The number of aryl methyl sites for hydroxylation is 1. The highest BCUT2D eigenvalue weighted by atomic mass is 16.1. The minimum atomic E-state index is 0.0164. The average Bonchev–Trinajstić information content (AvgIpc) is 2.75. The van der Waals surface area contributed by atoms with Gasteiger partial charge in [0.2, 0.25) is 5.91 Å². The Bertz CT molecular complexity index is 590. The van der Waals surface area contributed by atoms with Crippen molar-refractivity contribution in [2.45, 2.75) is 27.3 Å². The minimum absolute atomic E-state index is 0.0164. The van der Waals surface area contributed by atoms with Crippen LogP contribution in [0.2, 0.25) is 0 Å². The van der Waals surface area contributed by atoms with Gasteiger partial charge in [-0.15, -0.1) is 0 Å². The first-order chi connectivity index (χ1) is 9.54. The number of nitrogens with one attached hydrogen (secondary N) is 2. The van der Waals surface area contributed by atoms with Gasteiger partial charge >= 0.3 is 0 Å². The van der Waals surface area contributed by atoms with Gasteiger partial charge in [0, 0.05) is 37.1 Å². The third-order valence-corrected chi connectivity index (χ3v) is 2.81. The standard InChI is InChI=1S/C14H21N5O/c1-10(2)5-17-14(20)8-15-6-12-7-16-13-4-11(3)18-19(13)9-12/h4,7,9-10,15H,5-6,8H2,1-3H3,(H,17,20). The fraction of sp³-hybridized carbons (Fsp3) is 0.500. The van der Waals surface area contributed by atoms with Gasteiger partial charge in [-0.2, -0.15) is 5.10 Å². The van der Waals surface area contributed by atoms with Gasteiger partial charge in [0.25, 0.3) is 0 Å². The molecule has 2 rings (SSSR count). The first kappa shape index (κ1) is 14.5. The minimum Gasteiger partial charge on any atom is -0.355 e. The number of fused-ring (bicyclic) bond motifs is 1. The number of carbonyl (C=O) groups is 1. The van der Waals surface area contributed by atoms with Crippen molar-refractivity contribution in [1.29, 1.82) is 0 Å². The first-order valence-electron chi connectivity index (χ1n) is 6.83. The van der Waals surface area contributed by atoms with Crippen molar-refractivity contribution in [3.8, 4) is 0 Å². The summed E-state index contributed by atoms with van der Waals surface area (Å²) in [5.41, 5.74) is 2.77. The van der Waals surface area contributed by atoms with Crippen LogP contribution < -0.4 is 10.6 Å². The number of hydrogen-bond donors (Lipinski definition) is 2. The topological polar surface area (TPSA) is 71.3 Å². The SMILES string of the molecule is Cc1cc2ncc(CNCC(=O)NCC(C)C)cn2n1. The summed E-state index contributed by atoms with van der Waals surface area (Å²) in [5, 5.41) is 10.3. The Balaban J connectivity index is 1.82. The van der Waals surface area contributed by atoms with Crippen molar-refractivity contribution in [2.24, 2.45) is 5.92 Å². The van der Waals surface area contributed by atoms with Gasteiger partial charge in [0.15, 0.2) is 5.65 Å². The van der Waals surface area contributed by atoms with Crippen molar-refractivity contribution in [3.05, 3.63) is 29.7 Å². The van der Waals surface area contributed by atoms with Crippen LogP contribution in [0.15, 0.2) is 18.5 Å². The van der Waals surface area contributed by atoms with Crippen LogP contribution in [0, 0.1) is 12.8 Å². The maximum atomic E-state index is 11.5. The highest BCUT2D eigenvalue weighted by Crippen LogP contribution is 2.04. The summed E-state index contributed by atoms with van der Waals surface area (Å²) < 4.78 is 1.76. The van der Waals surface area contributed by atoms with Gasteiger partial charge in [0.1, 0.15) is 0 Å². The first-order valence-corrected chi connectivity index (χ1v) is 6.83. The quantitative estimate of drug-likeness (QED) is 0.821. The highest BCUT2D eigenvalue weighted by Gasteiger charge is 2.03. The van der Waals surface area contributed by atoms with E-state index in [1.807, 2.05) is 19.2 Å². The highest BCUT2D eigenvalue weighted by molar-refractivity contribution is 5.77. The molecule has 20 heavy (non-hydrogen) atoms. The lowest BCUT2D eigenvalue weighted by Crippen LogP contribution is -2.35. The second-order valence-corrected chi connectivity index (χ2v) is 5.35. The molecule has 0 atom stereocenters. The van der Waals surface area contributed by atoms with Crippen molar-refractivity contribution in [1.82, 2.24) is 25.2 Å². The lowest BCUT2D eigenvalue weighted by Gasteiger charge is -2.08. The van der Waals surface area contributed by atoms with Gasteiger partial charge in [-0.05, 0) is 12.8 Å². The van der Waals surface area contributed by atoms with E-state index < -0.39 is 0 Å². The normalized spacial score (nSPS) is 11.2. The summed E-state index contributed by atoms with van der Waals surface area (Å²) in [5.74, 6) is 0.483. The summed E-state index contributed by atoms with van der Waals surface area (Å²) in [6.07, 6.45) is 3.73. The van der Waals surface area contributed by atoms with E-state index >= 15 is 0 Å². The molecule has 0 radical (unpaired) electrons. The lowest BCUT2D eigenvalue weighted by atomic mass is 10.2. The Labute approximate surface area is 118 Å². The van der Waals surface area contributed by atoms with E-state index in [2.05, 4.69) is 34.6 Å². The van der Waals surface area contributed by atoms with Gasteiger partial charge in [-0.1, -0.05) is 13.8 Å². The monoisotopic (exact) mass is 275 g/mol. The molecule has 1 amide bonds. The zero-order chi connectivity index (χ0) is 14.5. The zero-order valence-electron chi connectivity index (χ0n) is 12.2. The molecule has 6 heteroatoms. The van der Waals surface area contributed by atoms with Crippen LogP contribution in [0.5, 0.6) is 0 Å². The Morgan fingerprint density at radius 3 is 3.00 bits per heavy atom. The van der Waals surface area contributed by atoms with E-state index in [0.717, 1.165) is 16.9 Å². The molecule has 0 saturated carbocycles. The van der Waals surface area contributed by atoms with Gasteiger partial charge in [-0.25, -0.2) is 9.50 Å². The third-order valence-electron chi connectivity index (χ3n) is 2.81. The zero-order valence-corrected chi connectivity index (χ0v) is 12.2. The van der Waals surface area contributed by atoms with Crippen LogP contribution >= 0.6 is 0 Å². The Morgan fingerprint density at radius 2 is 2.25 bits per heavy atom. The predicted octanol–water partition coefficient (Wildman–Crippen LogP) is 0.900. The number of carbonyl (C=O) groups excluding carboxylic acids is 1. The summed E-state index contributed by atoms with van der Waals surface area (Å²) in [7, 11) is 0. The van der Waals surface area contributed by atoms with E-state index in [9.17, 15) is 4.79 Å². The van der Waals surface area contributed by atoms with Crippen molar-refractivity contribution >= 4 is 11.6 Å². The van der Waals surface area contributed by atoms with E-state index in [1.165, 1.54) is 0 Å². The second kappa shape index (κ2) is 6.47. The largest absolute Gasteiger partial charge is 0.355 e. The Morgan fingerprint density at radius 1 is 1.45 bits per heavy atom. The second-order valence-electron chi connectivity index (χ2n) is 5.35. The number of aromatic nitrogens is 3. The van der Waals surface area contributed by atoms with E-state index in [4.69, 9.17) is 0 Å². The molecule has 0 spiro atoms. The fourth-order valence-electron chi connectivity index (χ4n) is 1.83. The van der Waals surface area contributed by atoms with E-state index in [1.54, 1.807) is 10.7 Å². The maximum Gasteiger partial charge on any atom is 0.233 e. The number of rotatable bonds is 6. The molecular weight excluding hydrogens is 254 g/mol. The molecular formula is C14H21N5O. The van der Waals surface area contributed by atoms with E-state index in [-0.39, 0.29) is 5.91 Å². The molecule has 0 aliphatic rings. The molecule has 108 valence electrons. The number of amides is 1. The third kappa shape index (κ3) is 4.03. The fourth-order valence-corrected chi connectivity index (χ4v) is 1.83. The van der Waals surface area contributed by atoms with Gasteiger partial charge < -0.3 is 10.6 Å².